The van der Waals surface area contributed by atoms with Crippen molar-refractivity contribution in [2.24, 2.45) is 0 Å². The SMILES string of the molecule is O=C(Oc1c[c]c(Cl)cn1)c1ccc(Cl)cc1. The largest absolute Gasteiger partial charge is 0.404 e. The van der Waals surface area contributed by atoms with E-state index in [-0.39, 0.29) is 5.88 Å². The van der Waals surface area contributed by atoms with Crippen LogP contribution in [-0.4, -0.2) is 11.0 Å². The van der Waals surface area contributed by atoms with Crippen LogP contribution in [0, 0.1) is 6.07 Å². The molecule has 1 radical (unpaired) electrons. The molecule has 0 fully saturated rings. The molecular weight excluding hydrogens is 261 g/mol. The Morgan fingerprint density at radius 2 is 1.94 bits per heavy atom. The van der Waals surface area contributed by atoms with E-state index < -0.39 is 5.97 Å². The van der Waals surface area contributed by atoms with Crippen molar-refractivity contribution >= 4 is 29.2 Å². The number of nitrogens with zero attached hydrogens (tertiary/aromatic N) is 1. The number of carbonyl (C=O) groups is 1. The fourth-order valence-corrected chi connectivity index (χ4v) is 1.35. The van der Waals surface area contributed by atoms with Crippen molar-refractivity contribution in [3.63, 3.8) is 0 Å². The van der Waals surface area contributed by atoms with Crippen molar-refractivity contribution in [3.8, 4) is 5.88 Å². The maximum Gasteiger partial charge on any atom is 0.344 e. The highest BCUT2D eigenvalue weighted by Crippen LogP contribution is 2.14. The summed E-state index contributed by atoms with van der Waals surface area (Å²) in [5.74, 6) is -0.362. The number of rotatable bonds is 2. The van der Waals surface area contributed by atoms with E-state index in [2.05, 4.69) is 11.1 Å². The van der Waals surface area contributed by atoms with Gasteiger partial charge in [0.15, 0.2) is 0 Å². The van der Waals surface area contributed by atoms with Gasteiger partial charge in [-0.25, -0.2) is 9.78 Å². The zero-order valence-corrected chi connectivity index (χ0v) is 10.00. The minimum Gasteiger partial charge on any atom is -0.404 e. The molecule has 0 atom stereocenters. The Morgan fingerprint density at radius 1 is 1.24 bits per heavy atom. The first kappa shape index (κ1) is 11.9. The van der Waals surface area contributed by atoms with E-state index in [1.807, 2.05) is 0 Å². The second-order valence-electron chi connectivity index (χ2n) is 3.13. The van der Waals surface area contributed by atoms with Gasteiger partial charge < -0.3 is 4.74 Å². The Morgan fingerprint density at radius 3 is 2.53 bits per heavy atom. The van der Waals surface area contributed by atoms with Crippen LogP contribution in [-0.2, 0) is 0 Å². The van der Waals surface area contributed by atoms with E-state index in [0.29, 0.717) is 15.6 Å². The van der Waals surface area contributed by atoms with Gasteiger partial charge in [-0.2, -0.15) is 0 Å². The monoisotopic (exact) mass is 266 g/mol. The summed E-state index contributed by atoms with van der Waals surface area (Å²) in [5, 5.41) is 0.913. The van der Waals surface area contributed by atoms with Crippen LogP contribution >= 0.6 is 23.2 Å². The molecule has 85 valence electrons. The van der Waals surface area contributed by atoms with Crippen LogP contribution in [0.4, 0.5) is 0 Å². The zero-order chi connectivity index (χ0) is 12.3. The molecule has 0 aliphatic rings. The number of benzene rings is 1. The highest BCUT2D eigenvalue weighted by molar-refractivity contribution is 6.30. The quantitative estimate of drug-likeness (QED) is 0.783. The Hall–Kier alpha value is -1.58. The Bertz CT molecular complexity index is 523. The minimum absolute atomic E-state index is 0.148. The van der Waals surface area contributed by atoms with Gasteiger partial charge in [0, 0.05) is 17.2 Å². The lowest BCUT2D eigenvalue weighted by Crippen LogP contribution is -2.09. The average Bonchev–Trinajstić information content (AvgIpc) is 2.33. The van der Waals surface area contributed by atoms with Crippen LogP contribution in [0.25, 0.3) is 0 Å². The normalized spacial score (nSPS) is 10.0. The number of ether oxygens (including phenoxy) is 1. The number of halogens is 2. The van der Waals surface area contributed by atoms with Gasteiger partial charge in [0.2, 0.25) is 5.88 Å². The molecule has 5 heteroatoms. The minimum atomic E-state index is -0.509. The summed E-state index contributed by atoms with van der Waals surface area (Å²) in [7, 11) is 0. The molecule has 0 amide bonds. The first-order chi connectivity index (χ1) is 8.15. The van der Waals surface area contributed by atoms with Crippen molar-refractivity contribution in [2.75, 3.05) is 0 Å². The van der Waals surface area contributed by atoms with Crippen molar-refractivity contribution in [2.45, 2.75) is 0 Å². The van der Waals surface area contributed by atoms with Gasteiger partial charge in [-0.1, -0.05) is 23.2 Å². The molecule has 0 saturated carbocycles. The molecule has 0 unspecified atom stereocenters. The van der Waals surface area contributed by atoms with Gasteiger partial charge in [0.1, 0.15) is 0 Å². The molecule has 2 aromatic rings. The number of hydrogen-bond acceptors (Lipinski definition) is 3. The first-order valence-electron chi connectivity index (χ1n) is 4.66. The fraction of sp³-hybridized carbons (Fsp3) is 0. The van der Waals surface area contributed by atoms with E-state index in [4.69, 9.17) is 27.9 Å². The molecule has 2 rings (SSSR count). The maximum absolute atomic E-state index is 11.7. The van der Waals surface area contributed by atoms with E-state index in [1.54, 1.807) is 24.3 Å². The van der Waals surface area contributed by atoms with E-state index in [0.717, 1.165) is 0 Å². The van der Waals surface area contributed by atoms with Crippen molar-refractivity contribution < 1.29 is 9.53 Å². The summed E-state index contributed by atoms with van der Waals surface area (Å²) in [5.41, 5.74) is 0.395. The summed E-state index contributed by atoms with van der Waals surface area (Å²) < 4.78 is 5.01. The molecule has 3 nitrogen and oxygen atoms in total. The van der Waals surface area contributed by atoms with E-state index >= 15 is 0 Å². The molecular formula is C12H6Cl2NO2. The fourth-order valence-electron chi connectivity index (χ4n) is 1.12. The van der Waals surface area contributed by atoms with Crippen LogP contribution in [0.15, 0.2) is 36.5 Å². The van der Waals surface area contributed by atoms with Crippen LogP contribution in [0.1, 0.15) is 10.4 Å². The molecule has 17 heavy (non-hydrogen) atoms. The van der Waals surface area contributed by atoms with Crippen LogP contribution in [0.3, 0.4) is 0 Å². The van der Waals surface area contributed by atoms with Gasteiger partial charge in [0.25, 0.3) is 0 Å². The van der Waals surface area contributed by atoms with E-state index in [1.165, 1.54) is 12.3 Å². The van der Waals surface area contributed by atoms with Gasteiger partial charge in [-0.05, 0) is 24.3 Å². The number of carbonyl (C=O) groups excluding carboxylic acids is 1. The van der Waals surface area contributed by atoms with Gasteiger partial charge in [-0.3, -0.25) is 0 Å². The molecule has 0 aliphatic heterocycles. The molecule has 1 aromatic carbocycles. The summed E-state index contributed by atoms with van der Waals surface area (Å²) in [6, 6.07) is 10.4. The second kappa shape index (κ2) is 5.17. The van der Waals surface area contributed by atoms with Crippen LogP contribution in [0.5, 0.6) is 5.88 Å². The Labute approximate surface area is 108 Å². The lowest BCUT2D eigenvalue weighted by Gasteiger charge is -2.02. The lowest BCUT2D eigenvalue weighted by atomic mass is 10.2. The Kier molecular flexibility index (Phi) is 3.61. The third-order valence-electron chi connectivity index (χ3n) is 1.92. The second-order valence-corrected chi connectivity index (χ2v) is 3.97. The highest BCUT2D eigenvalue weighted by Gasteiger charge is 2.08. The van der Waals surface area contributed by atoms with Crippen LogP contribution in [0.2, 0.25) is 10.0 Å². The Balaban J connectivity index is 2.11. The van der Waals surface area contributed by atoms with Crippen molar-refractivity contribution in [1.82, 2.24) is 4.98 Å². The number of pyridine rings is 1. The molecule has 0 saturated heterocycles. The topological polar surface area (TPSA) is 39.2 Å². The molecule has 0 aliphatic carbocycles. The predicted molar refractivity (Wildman–Crippen MR) is 64.5 cm³/mol. The molecule has 0 N–H and O–H groups in total. The van der Waals surface area contributed by atoms with Gasteiger partial charge in [0.05, 0.1) is 16.8 Å². The summed E-state index contributed by atoms with van der Waals surface area (Å²) in [4.78, 5) is 15.5. The average molecular weight is 267 g/mol. The number of hydrogen-bond donors (Lipinski definition) is 0. The molecule has 1 heterocycles. The first-order valence-corrected chi connectivity index (χ1v) is 5.42. The van der Waals surface area contributed by atoms with Crippen molar-refractivity contribution in [1.29, 1.82) is 0 Å². The summed E-state index contributed by atoms with van der Waals surface area (Å²) >= 11 is 11.3. The summed E-state index contributed by atoms with van der Waals surface area (Å²) in [6.07, 6.45) is 1.35. The molecule has 0 spiro atoms. The summed E-state index contributed by atoms with van der Waals surface area (Å²) in [6.45, 7) is 0. The molecule has 0 bridgehead atoms. The van der Waals surface area contributed by atoms with Gasteiger partial charge >= 0.3 is 5.97 Å². The van der Waals surface area contributed by atoms with Crippen molar-refractivity contribution in [3.05, 3.63) is 58.2 Å². The smallest absolute Gasteiger partial charge is 0.344 e. The third kappa shape index (κ3) is 3.19. The molecule has 1 aromatic heterocycles. The van der Waals surface area contributed by atoms with Gasteiger partial charge in [-0.15, -0.1) is 0 Å². The maximum atomic E-state index is 11.7. The zero-order valence-electron chi connectivity index (χ0n) is 8.48. The predicted octanol–water partition coefficient (Wildman–Crippen LogP) is 3.41. The van der Waals surface area contributed by atoms with E-state index in [9.17, 15) is 4.79 Å². The standard InChI is InChI=1S/C12H6Cl2NO2/c13-9-3-1-8(2-4-9)12(16)17-11-6-5-10(14)7-15-11/h1-4,6-7H. The number of aromatic nitrogens is 1. The van der Waals surface area contributed by atoms with Crippen LogP contribution < -0.4 is 4.74 Å². The highest BCUT2D eigenvalue weighted by atomic mass is 35.5. The lowest BCUT2D eigenvalue weighted by molar-refractivity contribution is 0.0727. The third-order valence-corrected chi connectivity index (χ3v) is 2.37. The number of esters is 1.